The minimum absolute atomic E-state index is 0.0226. The van der Waals surface area contributed by atoms with Crippen LogP contribution >= 0.6 is 0 Å². The molecule has 1 aromatic rings. The van der Waals surface area contributed by atoms with Crippen molar-refractivity contribution in [3.05, 3.63) is 59.9 Å². The Hall–Kier alpha value is -2.69. The van der Waals surface area contributed by atoms with Crippen LogP contribution in [0.2, 0.25) is 0 Å². The fraction of sp³-hybridized carbons (Fsp3) is 0.0714. The normalized spacial score (nSPS) is 19.6. The Bertz CT molecular complexity index is 657. The molecule has 1 aliphatic carbocycles. The van der Waals surface area contributed by atoms with Gasteiger partial charge in [-0.25, -0.2) is 9.78 Å². The van der Waals surface area contributed by atoms with Crippen molar-refractivity contribution in [3.63, 3.8) is 0 Å². The first-order valence-electron chi connectivity index (χ1n) is 5.88. The third-order valence-corrected chi connectivity index (χ3v) is 3.00. The Kier molecular flexibility index (Phi) is 2.72. The second-order valence-electron chi connectivity index (χ2n) is 4.26. The largest absolute Gasteiger partial charge is 0.476 e. The first-order chi connectivity index (χ1) is 9.24. The minimum Gasteiger partial charge on any atom is -0.476 e. The van der Waals surface area contributed by atoms with Crippen molar-refractivity contribution in [2.24, 2.45) is 0 Å². The van der Waals surface area contributed by atoms with Gasteiger partial charge in [0.05, 0.1) is 6.04 Å². The van der Waals surface area contributed by atoms with Gasteiger partial charge in [0, 0.05) is 17.8 Å². The van der Waals surface area contributed by atoms with E-state index in [9.17, 15) is 4.79 Å². The van der Waals surface area contributed by atoms with E-state index in [1.54, 1.807) is 10.8 Å². The number of hydrogen-bond donors (Lipinski definition) is 2. The van der Waals surface area contributed by atoms with E-state index in [0.717, 1.165) is 11.3 Å². The molecule has 0 bridgehead atoms. The number of aromatic carboxylic acids is 1. The van der Waals surface area contributed by atoms with Crippen LogP contribution in [0, 0.1) is 0 Å². The molecule has 0 saturated heterocycles. The molecular formula is C14H12N3O2+. The molecule has 0 aromatic carbocycles. The predicted octanol–water partition coefficient (Wildman–Crippen LogP) is 0.977. The average molecular weight is 254 g/mol. The Morgan fingerprint density at radius 3 is 3.11 bits per heavy atom. The van der Waals surface area contributed by atoms with Gasteiger partial charge in [-0.15, -0.1) is 0 Å². The Morgan fingerprint density at radius 1 is 1.37 bits per heavy atom. The van der Waals surface area contributed by atoms with Gasteiger partial charge < -0.3 is 10.4 Å². The molecule has 5 nitrogen and oxygen atoms in total. The van der Waals surface area contributed by atoms with Crippen LogP contribution in [0.3, 0.4) is 0 Å². The number of hydrogen-bond acceptors (Lipinski definition) is 3. The van der Waals surface area contributed by atoms with Crippen LogP contribution in [0.25, 0.3) is 12.3 Å². The zero-order valence-electron chi connectivity index (χ0n) is 10.0. The lowest BCUT2D eigenvalue weighted by molar-refractivity contribution is -0.571. The van der Waals surface area contributed by atoms with Crippen LogP contribution in [-0.2, 0) is 0 Å². The first kappa shape index (κ1) is 11.4. The van der Waals surface area contributed by atoms with Crippen LogP contribution in [0.4, 0.5) is 0 Å². The first-order valence-corrected chi connectivity index (χ1v) is 5.88. The summed E-state index contributed by atoms with van der Waals surface area (Å²) in [6, 6.07) is 0.100. The van der Waals surface area contributed by atoms with Crippen LogP contribution < -0.4 is 9.88 Å². The molecular weight excluding hydrogens is 242 g/mol. The number of allylic oxidation sites excluding steroid dienone is 2. The number of carbonyl (C=O) groups is 1. The van der Waals surface area contributed by atoms with Crippen LogP contribution in [0.15, 0.2) is 48.5 Å². The van der Waals surface area contributed by atoms with Gasteiger partial charge in [-0.2, -0.15) is 4.57 Å². The molecule has 2 aliphatic rings. The Labute approximate surface area is 109 Å². The maximum Gasteiger partial charge on any atom is 0.360 e. The SMILES string of the molecule is O=C(O)c1c[n+]2c(cn1)C=CNC1C=CC=CC1=C2. The molecule has 1 atom stereocenters. The van der Waals surface area contributed by atoms with E-state index in [-0.39, 0.29) is 11.7 Å². The summed E-state index contributed by atoms with van der Waals surface area (Å²) < 4.78 is 1.78. The molecule has 0 spiro atoms. The Balaban J connectivity index is 2.13. The van der Waals surface area contributed by atoms with Crippen LogP contribution in [0.5, 0.6) is 0 Å². The zero-order valence-corrected chi connectivity index (χ0v) is 10.0. The van der Waals surface area contributed by atoms with Gasteiger partial charge in [0.2, 0.25) is 17.6 Å². The third-order valence-electron chi connectivity index (χ3n) is 3.00. The molecule has 0 saturated carbocycles. The van der Waals surface area contributed by atoms with E-state index in [0.29, 0.717) is 0 Å². The van der Waals surface area contributed by atoms with E-state index in [1.807, 2.05) is 42.8 Å². The van der Waals surface area contributed by atoms with Crippen molar-refractivity contribution < 1.29 is 14.5 Å². The number of nitrogens with zero attached hydrogens (tertiary/aromatic N) is 2. The van der Waals surface area contributed by atoms with Gasteiger partial charge in [-0.3, -0.25) is 0 Å². The fourth-order valence-electron chi connectivity index (χ4n) is 2.02. The van der Waals surface area contributed by atoms with Crippen molar-refractivity contribution >= 4 is 18.2 Å². The summed E-state index contributed by atoms with van der Waals surface area (Å²) in [6.07, 6.45) is 16.6. The predicted molar refractivity (Wildman–Crippen MR) is 69.9 cm³/mol. The molecule has 2 heterocycles. The summed E-state index contributed by atoms with van der Waals surface area (Å²) in [4.78, 5) is 14.9. The summed E-state index contributed by atoms with van der Waals surface area (Å²) in [5.41, 5.74) is 1.89. The van der Waals surface area contributed by atoms with Crippen molar-refractivity contribution in [2.45, 2.75) is 6.04 Å². The summed E-state index contributed by atoms with van der Waals surface area (Å²) >= 11 is 0. The number of nitrogens with one attached hydrogen (secondary N) is 1. The van der Waals surface area contributed by atoms with E-state index < -0.39 is 5.97 Å². The van der Waals surface area contributed by atoms with Gasteiger partial charge in [-0.1, -0.05) is 24.3 Å². The maximum atomic E-state index is 11.0. The van der Waals surface area contributed by atoms with Crippen molar-refractivity contribution in [1.29, 1.82) is 0 Å². The van der Waals surface area contributed by atoms with Crippen LogP contribution in [0.1, 0.15) is 16.2 Å². The average Bonchev–Trinajstić information content (AvgIpc) is 2.38. The summed E-state index contributed by atoms with van der Waals surface area (Å²) in [5, 5.41) is 12.3. The highest BCUT2D eigenvalue weighted by molar-refractivity contribution is 5.84. The van der Waals surface area contributed by atoms with Crippen molar-refractivity contribution in [2.75, 3.05) is 0 Å². The highest BCUT2D eigenvalue weighted by atomic mass is 16.4. The van der Waals surface area contributed by atoms with Gasteiger partial charge in [0.1, 0.15) is 6.20 Å². The lowest BCUT2D eigenvalue weighted by Crippen LogP contribution is -2.37. The van der Waals surface area contributed by atoms with E-state index in [4.69, 9.17) is 5.11 Å². The Morgan fingerprint density at radius 2 is 2.26 bits per heavy atom. The number of aromatic nitrogens is 2. The lowest BCUT2D eigenvalue weighted by Gasteiger charge is -2.17. The van der Waals surface area contributed by atoms with Crippen molar-refractivity contribution in [3.8, 4) is 0 Å². The van der Waals surface area contributed by atoms with Crippen LogP contribution in [-0.4, -0.2) is 22.1 Å². The monoisotopic (exact) mass is 254 g/mol. The molecule has 2 N–H and O–H groups in total. The summed E-state index contributed by atoms with van der Waals surface area (Å²) in [7, 11) is 0. The molecule has 3 rings (SSSR count). The maximum absolute atomic E-state index is 11.0. The summed E-state index contributed by atoms with van der Waals surface area (Å²) in [6.45, 7) is 0. The standard InChI is InChI=1S/C14H11N3O2/c18-14(19)13-9-17-8-10-3-1-2-4-12(10)15-6-5-11(17)7-16-13/h1-9,12H,(H,18,19)/p+1. The second kappa shape index (κ2) is 4.53. The molecule has 0 radical (unpaired) electrons. The molecule has 5 heteroatoms. The molecule has 1 aromatic heterocycles. The number of rotatable bonds is 1. The topological polar surface area (TPSA) is 66.1 Å². The summed E-state index contributed by atoms with van der Waals surface area (Å²) in [5.74, 6) is -1.03. The molecule has 94 valence electrons. The highest BCUT2D eigenvalue weighted by Crippen LogP contribution is 2.13. The number of carboxylic acid groups (broad SMARTS) is 1. The van der Waals surface area contributed by atoms with E-state index in [1.165, 1.54) is 6.20 Å². The highest BCUT2D eigenvalue weighted by Gasteiger charge is 2.19. The minimum atomic E-state index is -1.03. The molecule has 1 unspecified atom stereocenters. The van der Waals surface area contributed by atoms with E-state index in [2.05, 4.69) is 10.3 Å². The molecule has 0 fully saturated rings. The van der Waals surface area contributed by atoms with Gasteiger partial charge in [0.25, 0.3) is 0 Å². The second-order valence-corrected chi connectivity index (χ2v) is 4.26. The zero-order chi connectivity index (χ0) is 13.2. The van der Waals surface area contributed by atoms with E-state index >= 15 is 0 Å². The van der Waals surface area contributed by atoms with Gasteiger partial charge in [0.15, 0.2) is 6.20 Å². The fourth-order valence-corrected chi connectivity index (χ4v) is 2.02. The third kappa shape index (κ3) is 2.18. The molecule has 0 amide bonds. The quantitative estimate of drug-likeness (QED) is 0.733. The molecule has 1 aliphatic heterocycles. The van der Waals surface area contributed by atoms with Gasteiger partial charge in [-0.05, 0) is 0 Å². The van der Waals surface area contributed by atoms with Gasteiger partial charge >= 0.3 is 5.97 Å². The smallest absolute Gasteiger partial charge is 0.360 e. The number of fused-ring (bicyclic) bond motifs is 2. The molecule has 19 heavy (non-hydrogen) atoms. The van der Waals surface area contributed by atoms with Crippen molar-refractivity contribution in [1.82, 2.24) is 10.3 Å². The lowest BCUT2D eigenvalue weighted by atomic mass is 10.0. The number of carboxylic acids is 1.